The van der Waals surface area contributed by atoms with Gasteiger partial charge in [0.1, 0.15) is 0 Å². The van der Waals surface area contributed by atoms with Gasteiger partial charge in [0.25, 0.3) is 0 Å². The maximum Gasteiger partial charge on any atom is 0.417 e. The highest BCUT2D eigenvalue weighted by atomic mass is 19.4. The predicted octanol–water partition coefficient (Wildman–Crippen LogP) is 1.34. The molecule has 0 bridgehead atoms. The van der Waals surface area contributed by atoms with Crippen molar-refractivity contribution in [3.63, 3.8) is 0 Å². The van der Waals surface area contributed by atoms with Crippen LogP contribution in [0.15, 0.2) is 18.3 Å². The quantitative estimate of drug-likeness (QED) is 0.874. The first-order valence-corrected chi connectivity index (χ1v) is 5.98. The molecular weight excluding hydrogens is 261 g/mol. The first-order valence-electron chi connectivity index (χ1n) is 5.98. The number of rotatable bonds is 3. The largest absolute Gasteiger partial charge is 0.417 e. The minimum absolute atomic E-state index is 0.113. The van der Waals surface area contributed by atoms with Crippen LogP contribution in [0.1, 0.15) is 17.7 Å². The average molecular weight is 276 g/mol. The minimum Gasteiger partial charge on any atom is -0.389 e. The predicted molar refractivity (Wildman–Crippen MR) is 61.3 cm³/mol. The molecule has 1 saturated heterocycles. The molecule has 19 heavy (non-hydrogen) atoms. The third kappa shape index (κ3) is 3.89. The van der Waals surface area contributed by atoms with Gasteiger partial charge in [-0.25, -0.2) is 0 Å². The zero-order valence-electron chi connectivity index (χ0n) is 10.2. The van der Waals surface area contributed by atoms with Gasteiger partial charge < -0.3 is 15.2 Å². The molecule has 2 atom stereocenters. The van der Waals surface area contributed by atoms with Crippen molar-refractivity contribution in [1.82, 2.24) is 10.3 Å². The highest BCUT2D eigenvalue weighted by Crippen LogP contribution is 2.28. The summed E-state index contributed by atoms with van der Waals surface area (Å²) in [4.78, 5) is 3.76. The molecule has 106 valence electrons. The Hall–Kier alpha value is -1.18. The van der Waals surface area contributed by atoms with E-state index in [1.54, 1.807) is 0 Å². The van der Waals surface area contributed by atoms with Gasteiger partial charge in [0.15, 0.2) is 0 Å². The summed E-state index contributed by atoms with van der Waals surface area (Å²) < 4.78 is 42.1. The molecule has 0 aromatic carbocycles. The Morgan fingerprint density at radius 2 is 2.21 bits per heavy atom. The SMILES string of the molecule is O[C@@H]1COCC[C@H]1NCc1ccc(C(F)(F)F)cn1. The Morgan fingerprint density at radius 3 is 2.79 bits per heavy atom. The summed E-state index contributed by atoms with van der Waals surface area (Å²) in [5.41, 5.74) is -0.256. The molecule has 2 N–H and O–H groups in total. The van der Waals surface area contributed by atoms with Crippen LogP contribution >= 0.6 is 0 Å². The van der Waals surface area contributed by atoms with Gasteiger partial charge in [0.05, 0.1) is 24.0 Å². The van der Waals surface area contributed by atoms with E-state index < -0.39 is 17.8 Å². The fourth-order valence-corrected chi connectivity index (χ4v) is 1.89. The van der Waals surface area contributed by atoms with Gasteiger partial charge in [-0.2, -0.15) is 13.2 Å². The summed E-state index contributed by atoms with van der Waals surface area (Å²) in [7, 11) is 0. The molecule has 0 spiro atoms. The highest BCUT2D eigenvalue weighted by molar-refractivity contribution is 5.16. The van der Waals surface area contributed by atoms with Crippen LogP contribution in [-0.2, 0) is 17.5 Å². The van der Waals surface area contributed by atoms with Gasteiger partial charge in [-0.1, -0.05) is 0 Å². The van der Waals surface area contributed by atoms with Crippen molar-refractivity contribution in [2.75, 3.05) is 13.2 Å². The molecule has 0 saturated carbocycles. The van der Waals surface area contributed by atoms with Crippen molar-refractivity contribution >= 4 is 0 Å². The molecule has 0 amide bonds. The minimum atomic E-state index is -4.37. The lowest BCUT2D eigenvalue weighted by molar-refractivity contribution is -0.137. The molecular formula is C12H15F3N2O2. The summed E-state index contributed by atoms with van der Waals surface area (Å²) in [6.45, 7) is 1.16. The molecule has 1 aromatic heterocycles. The van der Waals surface area contributed by atoms with Gasteiger partial charge in [0, 0.05) is 25.4 Å². The number of halogens is 3. The van der Waals surface area contributed by atoms with Crippen LogP contribution in [0.3, 0.4) is 0 Å². The highest BCUT2D eigenvalue weighted by Gasteiger charge is 2.30. The second kappa shape index (κ2) is 5.85. The third-order valence-corrected chi connectivity index (χ3v) is 3.02. The van der Waals surface area contributed by atoms with Crippen molar-refractivity contribution in [1.29, 1.82) is 0 Å². The Bertz CT molecular complexity index is 408. The Morgan fingerprint density at radius 1 is 1.42 bits per heavy atom. The lowest BCUT2D eigenvalue weighted by Crippen LogP contribution is -2.46. The van der Waals surface area contributed by atoms with Gasteiger partial charge in [0.2, 0.25) is 0 Å². The third-order valence-electron chi connectivity index (χ3n) is 3.02. The standard InChI is InChI=1S/C12H15F3N2O2/c13-12(14,15)8-1-2-9(16-5-8)6-17-10-3-4-19-7-11(10)18/h1-2,5,10-11,17-18H,3-4,6-7H2/t10-,11-/m1/s1. The summed E-state index contributed by atoms with van der Waals surface area (Å²) in [5.74, 6) is 0. The van der Waals surface area contributed by atoms with Crippen molar-refractivity contribution in [2.45, 2.75) is 31.3 Å². The number of ether oxygens (including phenoxy) is 1. The first-order chi connectivity index (χ1) is 8.97. The van der Waals surface area contributed by atoms with E-state index in [1.165, 1.54) is 6.07 Å². The second-order valence-electron chi connectivity index (χ2n) is 4.45. The van der Waals surface area contributed by atoms with E-state index in [2.05, 4.69) is 10.3 Å². The number of nitrogens with zero attached hydrogens (tertiary/aromatic N) is 1. The summed E-state index contributed by atoms with van der Waals surface area (Å²) in [6.07, 6.45) is -3.47. The van der Waals surface area contributed by atoms with Gasteiger partial charge in [-0.3, -0.25) is 4.98 Å². The Labute approximate surface area is 108 Å². The summed E-state index contributed by atoms with van der Waals surface area (Å²) >= 11 is 0. The Kier molecular flexibility index (Phi) is 4.38. The normalized spacial score (nSPS) is 24.4. The fourth-order valence-electron chi connectivity index (χ4n) is 1.89. The molecule has 1 aromatic rings. The van der Waals surface area contributed by atoms with E-state index in [0.29, 0.717) is 25.3 Å². The molecule has 0 unspecified atom stereocenters. The van der Waals surface area contributed by atoms with E-state index in [-0.39, 0.29) is 12.6 Å². The molecule has 1 fully saturated rings. The van der Waals surface area contributed by atoms with Gasteiger partial charge in [-0.15, -0.1) is 0 Å². The lowest BCUT2D eigenvalue weighted by Gasteiger charge is -2.28. The zero-order valence-corrected chi connectivity index (χ0v) is 10.2. The van der Waals surface area contributed by atoms with E-state index in [0.717, 1.165) is 12.3 Å². The molecule has 1 aliphatic heterocycles. The number of hydrogen-bond acceptors (Lipinski definition) is 4. The smallest absolute Gasteiger partial charge is 0.389 e. The van der Waals surface area contributed by atoms with Crippen molar-refractivity contribution in [2.24, 2.45) is 0 Å². The number of pyridine rings is 1. The molecule has 0 aliphatic carbocycles. The lowest BCUT2D eigenvalue weighted by atomic mass is 10.1. The van der Waals surface area contributed by atoms with Crippen LogP contribution in [0.5, 0.6) is 0 Å². The number of nitrogens with one attached hydrogen (secondary N) is 1. The van der Waals surface area contributed by atoms with Gasteiger partial charge in [-0.05, 0) is 18.6 Å². The molecule has 2 rings (SSSR count). The monoisotopic (exact) mass is 276 g/mol. The molecule has 1 aliphatic rings. The van der Waals surface area contributed by atoms with Crippen LogP contribution in [0.25, 0.3) is 0 Å². The summed E-state index contributed by atoms with van der Waals surface area (Å²) in [5, 5.41) is 12.7. The maximum absolute atomic E-state index is 12.3. The topological polar surface area (TPSA) is 54.4 Å². The van der Waals surface area contributed by atoms with Crippen molar-refractivity contribution < 1.29 is 23.0 Å². The average Bonchev–Trinajstić information content (AvgIpc) is 2.37. The molecule has 7 heteroatoms. The number of alkyl halides is 3. The second-order valence-corrected chi connectivity index (χ2v) is 4.45. The number of aromatic nitrogens is 1. The van der Waals surface area contributed by atoms with Crippen LogP contribution in [0.2, 0.25) is 0 Å². The van der Waals surface area contributed by atoms with E-state index in [4.69, 9.17) is 4.74 Å². The van der Waals surface area contributed by atoms with Gasteiger partial charge >= 0.3 is 6.18 Å². The van der Waals surface area contributed by atoms with Crippen molar-refractivity contribution in [3.05, 3.63) is 29.6 Å². The summed E-state index contributed by atoms with van der Waals surface area (Å²) in [6, 6.07) is 2.23. The fraction of sp³-hybridized carbons (Fsp3) is 0.583. The van der Waals surface area contributed by atoms with Crippen LogP contribution < -0.4 is 5.32 Å². The molecule has 4 nitrogen and oxygen atoms in total. The number of hydrogen-bond donors (Lipinski definition) is 2. The Balaban J connectivity index is 1.89. The van der Waals surface area contributed by atoms with E-state index in [1.807, 2.05) is 0 Å². The van der Waals surface area contributed by atoms with Crippen LogP contribution in [-0.4, -0.2) is 35.5 Å². The van der Waals surface area contributed by atoms with E-state index in [9.17, 15) is 18.3 Å². The van der Waals surface area contributed by atoms with Crippen molar-refractivity contribution in [3.8, 4) is 0 Å². The molecule has 0 radical (unpaired) electrons. The van der Waals surface area contributed by atoms with Crippen LogP contribution in [0.4, 0.5) is 13.2 Å². The first kappa shape index (κ1) is 14.2. The van der Waals surface area contributed by atoms with E-state index >= 15 is 0 Å². The number of aliphatic hydroxyl groups excluding tert-OH is 1. The maximum atomic E-state index is 12.3. The zero-order chi connectivity index (χ0) is 13.9. The molecule has 2 heterocycles. The van der Waals surface area contributed by atoms with Crippen LogP contribution in [0, 0.1) is 0 Å². The number of aliphatic hydroxyl groups is 1.